The molecule has 0 aliphatic rings. The highest BCUT2D eigenvalue weighted by molar-refractivity contribution is 8.76. The monoisotopic (exact) mass is 246 g/mol. The van der Waals surface area contributed by atoms with Crippen molar-refractivity contribution in [3.63, 3.8) is 0 Å². The minimum Gasteiger partial charge on any atom is -0.330 e. The topological polar surface area (TPSA) is 55.0 Å². The number of amidine groups is 1. The molecule has 5 heteroatoms. The summed E-state index contributed by atoms with van der Waals surface area (Å²) < 4.78 is 1.99. The van der Waals surface area contributed by atoms with Crippen LogP contribution in [0.1, 0.15) is 6.92 Å². The molecule has 86 valence electrons. The van der Waals surface area contributed by atoms with E-state index in [9.17, 15) is 0 Å². The summed E-state index contributed by atoms with van der Waals surface area (Å²) in [7, 11) is 3.62. The normalized spacial score (nSPS) is 12.9. The van der Waals surface area contributed by atoms with Gasteiger partial charge in [-0.05, 0) is 13.0 Å². The van der Waals surface area contributed by atoms with Crippen molar-refractivity contribution in [1.82, 2.24) is 0 Å². The lowest BCUT2D eigenvalue weighted by atomic mass is 10.5. The maximum absolute atomic E-state index is 5.78. The molecule has 0 bridgehead atoms. The van der Waals surface area contributed by atoms with Crippen LogP contribution >= 0.6 is 21.6 Å². The quantitative estimate of drug-likeness (QED) is 0.224. The van der Waals surface area contributed by atoms with E-state index < -0.39 is 0 Å². The Morgan fingerprint density at radius 1 is 1.40 bits per heavy atom. The Labute approximate surface area is 100 Å². The first-order valence-electron chi connectivity index (χ1n) is 4.85. The largest absolute Gasteiger partial charge is 0.330 e. The molecule has 0 unspecified atom stereocenters. The Hall–Kier alpha value is -0.390. The van der Waals surface area contributed by atoms with Gasteiger partial charge in [0.2, 0.25) is 0 Å². The zero-order valence-corrected chi connectivity index (χ0v) is 10.8. The van der Waals surface area contributed by atoms with Crippen molar-refractivity contribution in [2.45, 2.75) is 6.92 Å². The molecule has 0 spiro atoms. The molecule has 15 heavy (non-hydrogen) atoms. The molecular formula is C10H20N3S2+. The van der Waals surface area contributed by atoms with Crippen molar-refractivity contribution < 1.29 is 4.58 Å². The van der Waals surface area contributed by atoms with Gasteiger partial charge in [-0.3, -0.25) is 5.73 Å². The van der Waals surface area contributed by atoms with Crippen molar-refractivity contribution in [2.24, 2.45) is 11.5 Å². The fraction of sp³-hybridized carbons (Fsp3) is 0.500. The summed E-state index contributed by atoms with van der Waals surface area (Å²) >= 11 is 0. The number of hydrogen-bond acceptors (Lipinski definition) is 3. The van der Waals surface area contributed by atoms with Crippen molar-refractivity contribution in [1.29, 1.82) is 0 Å². The molecule has 0 atom stereocenters. The SMILES string of the molecule is C=CC(N)=[N+](/C=C\C)CCSSCCN. The average Bonchev–Trinajstić information content (AvgIpc) is 2.26. The molecule has 0 heterocycles. The minimum absolute atomic E-state index is 0.692. The van der Waals surface area contributed by atoms with Crippen molar-refractivity contribution in [3.05, 3.63) is 24.9 Å². The highest BCUT2D eigenvalue weighted by Gasteiger charge is 2.01. The number of hydrogen-bond donors (Lipinski definition) is 2. The Morgan fingerprint density at radius 3 is 2.60 bits per heavy atom. The number of nitrogens with two attached hydrogens (primary N) is 2. The fourth-order valence-electron chi connectivity index (χ4n) is 0.888. The maximum Gasteiger partial charge on any atom is 0.271 e. The van der Waals surface area contributed by atoms with Crippen LogP contribution in [0.5, 0.6) is 0 Å². The minimum atomic E-state index is 0.692. The average molecular weight is 246 g/mol. The number of rotatable bonds is 8. The molecule has 0 aromatic carbocycles. The molecule has 0 aromatic rings. The Balaban J connectivity index is 3.93. The molecule has 0 aromatic heterocycles. The second kappa shape index (κ2) is 10.1. The van der Waals surface area contributed by atoms with Crippen LogP contribution in [0.4, 0.5) is 0 Å². The summed E-state index contributed by atoms with van der Waals surface area (Å²) in [4.78, 5) is 0. The van der Waals surface area contributed by atoms with Crippen LogP contribution in [0.15, 0.2) is 24.9 Å². The first-order chi connectivity index (χ1) is 7.26. The van der Waals surface area contributed by atoms with E-state index in [1.54, 1.807) is 16.9 Å². The van der Waals surface area contributed by atoms with Gasteiger partial charge < -0.3 is 5.73 Å². The third-order valence-electron chi connectivity index (χ3n) is 1.57. The van der Waals surface area contributed by atoms with Crippen molar-refractivity contribution >= 4 is 27.4 Å². The number of nitrogens with zero attached hydrogens (tertiary/aromatic N) is 1. The lowest BCUT2D eigenvalue weighted by Crippen LogP contribution is -2.24. The Bertz CT molecular complexity index is 237. The van der Waals surface area contributed by atoms with E-state index in [4.69, 9.17) is 11.5 Å². The van der Waals surface area contributed by atoms with Crippen LogP contribution < -0.4 is 11.5 Å². The predicted molar refractivity (Wildman–Crippen MR) is 73.3 cm³/mol. The summed E-state index contributed by atoms with van der Waals surface area (Å²) in [5.41, 5.74) is 11.2. The summed E-state index contributed by atoms with van der Waals surface area (Å²) in [5.74, 6) is 2.70. The van der Waals surface area contributed by atoms with Crippen molar-refractivity contribution in [3.8, 4) is 0 Å². The first kappa shape index (κ1) is 14.6. The smallest absolute Gasteiger partial charge is 0.271 e. The van der Waals surface area contributed by atoms with Gasteiger partial charge in [0.25, 0.3) is 5.84 Å². The second-order valence-electron chi connectivity index (χ2n) is 2.74. The molecule has 0 radical (unpaired) electrons. The van der Waals surface area contributed by atoms with Gasteiger partial charge in [-0.15, -0.1) is 0 Å². The number of allylic oxidation sites excluding steroid dienone is 1. The van der Waals surface area contributed by atoms with Gasteiger partial charge in [0.15, 0.2) is 0 Å². The highest BCUT2D eigenvalue weighted by Crippen LogP contribution is 2.19. The second-order valence-corrected chi connectivity index (χ2v) is 5.44. The molecule has 0 aliphatic heterocycles. The Kier molecular flexibility index (Phi) is 9.88. The molecule has 0 saturated heterocycles. The van der Waals surface area contributed by atoms with Gasteiger partial charge in [-0.2, -0.15) is 0 Å². The van der Waals surface area contributed by atoms with E-state index in [0.29, 0.717) is 5.84 Å². The van der Waals surface area contributed by atoms with Crippen LogP contribution in [0.25, 0.3) is 0 Å². The van der Waals surface area contributed by atoms with E-state index in [2.05, 4.69) is 6.58 Å². The molecule has 0 amide bonds. The van der Waals surface area contributed by atoms with Gasteiger partial charge >= 0.3 is 0 Å². The molecular weight excluding hydrogens is 226 g/mol. The fourth-order valence-corrected chi connectivity index (χ4v) is 2.71. The molecule has 0 aliphatic carbocycles. The summed E-state index contributed by atoms with van der Waals surface area (Å²) in [5, 5.41) is 0. The summed E-state index contributed by atoms with van der Waals surface area (Å²) in [6, 6.07) is 0. The molecule has 0 fully saturated rings. The lowest BCUT2D eigenvalue weighted by Gasteiger charge is -2.02. The van der Waals surface area contributed by atoms with Gasteiger partial charge in [-0.25, -0.2) is 4.58 Å². The van der Waals surface area contributed by atoms with E-state index in [0.717, 1.165) is 24.6 Å². The van der Waals surface area contributed by atoms with E-state index in [-0.39, 0.29) is 0 Å². The highest BCUT2D eigenvalue weighted by atomic mass is 33.1. The Morgan fingerprint density at radius 2 is 2.07 bits per heavy atom. The standard InChI is InChI=1S/C10H19N3S2/c1-3-6-13(10(12)4-2)7-9-15-14-8-5-11/h3-4,6,12H,2,5,7-9,11H2,1H3/p+1/b6-3-. The van der Waals surface area contributed by atoms with Crippen LogP contribution in [0.2, 0.25) is 0 Å². The van der Waals surface area contributed by atoms with Gasteiger partial charge in [-0.1, -0.05) is 28.2 Å². The maximum atomic E-state index is 5.78. The lowest BCUT2D eigenvalue weighted by molar-refractivity contribution is -0.451. The van der Waals surface area contributed by atoms with Crippen LogP contribution in [0.3, 0.4) is 0 Å². The zero-order valence-electron chi connectivity index (χ0n) is 9.19. The molecule has 3 nitrogen and oxygen atoms in total. The van der Waals surface area contributed by atoms with Crippen molar-refractivity contribution in [2.75, 3.05) is 24.6 Å². The van der Waals surface area contributed by atoms with Gasteiger partial charge in [0.1, 0.15) is 6.54 Å². The summed E-state index contributed by atoms with van der Waals surface area (Å²) in [6.07, 6.45) is 5.59. The van der Waals surface area contributed by atoms with E-state index in [1.165, 1.54) is 0 Å². The van der Waals surface area contributed by atoms with Crippen LogP contribution in [0, 0.1) is 0 Å². The van der Waals surface area contributed by atoms with Gasteiger partial charge in [0.05, 0.1) is 6.20 Å². The third-order valence-corrected chi connectivity index (χ3v) is 3.99. The van der Waals surface area contributed by atoms with Crippen LogP contribution in [-0.4, -0.2) is 35.0 Å². The van der Waals surface area contributed by atoms with Crippen LogP contribution in [-0.2, 0) is 0 Å². The van der Waals surface area contributed by atoms with E-state index in [1.807, 2.05) is 34.6 Å². The first-order valence-corrected chi connectivity index (χ1v) is 7.33. The molecule has 0 rings (SSSR count). The zero-order chi connectivity index (χ0) is 11.5. The van der Waals surface area contributed by atoms with E-state index >= 15 is 0 Å². The predicted octanol–water partition coefficient (Wildman–Crippen LogP) is 1.42. The van der Waals surface area contributed by atoms with Gasteiger partial charge in [0, 0.05) is 24.1 Å². The molecule has 0 saturated carbocycles. The third kappa shape index (κ3) is 7.53. The summed E-state index contributed by atoms with van der Waals surface area (Å²) in [6.45, 7) is 7.25. The molecule has 4 N–H and O–H groups in total.